The summed E-state index contributed by atoms with van der Waals surface area (Å²) in [6.45, 7) is 3.87. The minimum atomic E-state index is -0.521. The number of ether oxygens (including phenoxy) is 3. The van der Waals surface area contributed by atoms with Gasteiger partial charge in [-0.05, 0) is 19.1 Å². The van der Waals surface area contributed by atoms with Crippen LogP contribution in [-0.2, 0) is 14.3 Å². The van der Waals surface area contributed by atoms with E-state index in [9.17, 15) is 9.59 Å². The van der Waals surface area contributed by atoms with E-state index < -0.39 is 5.97 Å². The second kappa shape index (κ2) is 8.38. The summed E-state index contributed by atoms with van der Waals surface area (Å²) in [5.41, 5.74) is 0.230. The monoisotopic (exact) mass is 361 g/mol. The molecule has 1 aromatic rings. The van der Waals surface area contributed by atoms with Crippen molar-refractivity contribution < 1.29 is 23.8 Å². The number of halogens is 2. The third-order valence-corrected chi connectivity index (χ3v) is 3.77. The number of hydrogen-bond donors (Lipinski definition) is 0. The van der Waals surface area contributed by atoms with Gasteiger partial charge in [0, 0.05) is 13.1 Å². The standard InChI is InChI=1S/C15H17Cl2NO5/c1-2-22-15(20)10-7-11(16)14(12(17)8-10)23-9-13(19)18-3-5-21-6-4-18/h7-8H,2-6,9H2,1H3. The van der Waals surface area contributed by atoms with Crippen LogP contribution in [0.15, 0.2) is 12.1 Å². The van der Waals surface area contributed by atoms with Crippen molar-refractivity contribution in [2.75, 3.05) is 39.5 Å². The topological polar surface area (TPSA) is 65.1 Å². The molecule has 1 saturated heterocycles. The third-order valence-electron chi connectivity index (χ3n) is 3.21. The van der Waals surface area contributed by atoms with E-state index in [4.69, 9.17) is 37.4 Å². The number of benzene rings is 1. The molecule has 0 aromatic heterocycles. The zero-order valence-electron chi connectivity index (χ0n) is 12.6. The van der Waals surface area contributed by atoms with Crippen LogP contribution in [0.4, 0.5) is 0 Å². The highest BCUT2D eigenvalue weighted by atomic mass is 35.5. The number of hydrogen-bond acceptors (Lipinski definition) is 5. The van der Waals surface area contributed by atoms with Crippen molar-refractivity contribution in [2.45, 2.75) is 6.92 Å². The maximum absolute atomic E-state index is 12.0. The number of amides is 1. The van der Waals surface area contributed by atoms with Crippen molar-refractivity contribution in [3.05, 3.63) is 27.7 Å². The summed E-state index contributed by atoms with van der Waals surface area (Å²) < 4.78 is 15.5. The zero-order valence-corrected chi connectivity index (χ0v) is 14.2. The molecule has 1 aromatic carbocycles. The molecule has 126 valence electrons. The summed E-state index contributed by atoms with van der Waals surface area (Å²) in [5.74, 6) is -0.523. The summed E-state index contributed by atoms with van der Waals surface area (Å²) in [4.78, 5) is 25.4. The Labute approximate surface area is 144 Å². The second-order valence-electron chi connectivity index (χ2n) is 4.77. The van der Waals surface area contributed by atoms with Crippen LogP contribution < -0.4 is 4.74 Å². The van der Waals surface area contributed by atoms with Crippen molar-refractivity contribution in [1.82, 2.24) is 4.90 Å². The first-order valence-electron chi connectivity index (χ1n) is 7.17. The van der Waals surface area contributed by atoms with E-state index >= 15 is 0 Å². The van der Waals surface area contributed by atoms with Crippen LogP contribution >= 0.6 is 23.2 Å². The van der Waals surface area contributed by atoms with Gasteiger partial charge in [0.2, 0.25) is 0 Å². The minimum Gasteiger partial charge on any atom is -0.481 e. The van der Waals surface area contributed by atoms with Gasteiger partial charge in [-0.15, -0.1) is 0 Å². The summed E-state index contributed by atoms with van der Waals surface area (Å²) in [6, 6.07) is 2.81. The molecule has 0 atom stereocenters. The molecule has 8 heteroatoms. The molecular formula is C15H17Cl2NO5. The number of morpholine rings is 1. The van der Waals surface area contributed by atoms with Gasteiger partial charge in [-0.3, -0.25) is 4.79 Å². The molecule has 23 heavy (non-hydrogen) atoms. The van der Waals surface area contributed by atoms with Crippen molar-refractivity contribution in [3.8, 4) is 5.75 Å². The number of nitrogens with zero attached hydrogens (tertiary/aromatic N) is 1. The van der Waals surface area contributed by atoms with Gasteiger partial charge in [0.25, 0.3) is 5.91 Å². The normalized spacial score (nSPS) is 14.5. The molecule has 0 unspecified atom stereocenters. The molecule has 0 aliphatic carbocycles. The smallest absolute Gasteiger partial charge is 0.338 e. The fourth-order valence-corrected chi connectivity index (χ4v) is 2.66. The van der Waals surface area contributed by atoms with Gasteiger partial charge >= 0.3 is 5.97 Å². The van der Waals surface area contributed by atoms with E-state index in [1.165, 1.54) is 12.1 Å². The molecule has 0 saturated carbocycles. The molecular weight excluding hydrogens is 345 g/mol. The summed E-state index contributed by atoms with van der Waals surface area (Å²) in [7, 11) is 0. The molecule has 1 amide bonds. The van der Waals surface area contributed by atoms with E-state index in [2.05, 4.69) is 0 Å². The van der Waals surface area contributed by atoms with Gasteiger partial charge in [-0.1, -0.05) is 23.2 Å². The van der Waals surface area contributed by atoms with Crippen LogP contribution in [0.1, 0.15) is 17.3 Å². The maximum Gasteiger partial charge on any atom is 0.338 e. The molecule has 6 nitrogen and oxygen atoms in total. The Kier molecular flexibility index (Phi) is 6.50. The van der Waals surface area contributed by atoms with E-state index in [-0.39, 0.29) is 40.5 Å². The van der Waals surface area contributed by atoms with E-state index in [0.717, 1.165) is 0 Å². The van der Waals surface area contributed by atoms with Gasteiger partial charge in [-0.2, -0.15) is 0 Å². The largest absolute Gasteiger partial charge is 0.481 e. The molecule has 1 aliphatic heterocycles. The Bertz CT molecular complexity index is 564. The summed E-state index contributed by atoms with van der Waals surface area (Å²) >= 11 is 12.2. The van der Waals surface area contributed by atoms with E-state index in [1.54, 1.807) is 11.8 Å². The Balaban J connectivity index is 2.02. The second-order valence-corrected chi connectivity index (χ2v) is 5.59. The predicted molar refractivity (Wildman–Crippen MR) is 85.3 cm³/mol. The van der Waals surface area contributed by atoms with E-state index in [0.29, 0.717) is 26.3 Å². The highest BCUT2D eigenvalue weighted by Crippen LogP contribution is 2.34. The third kappa shape index (κ3) is 4.73. The van der Waals surface area contributed by atoms with Crippen LogP contribution in [-0.4, -0.2) is 56.3 Å². The minimum absolute atomic E-state index is 0.148. The van der Waals surface area contributed by atoms with Crippen LogP contribution in [0.2, 0.25) is 10.0 Å². The maximum atomic E-state index is 12.0. The summed E-state index contributed by atoms with van der Waals surface area (Å²) in [6.07, 6.45) is 0. The Morgan fingerprint density at radius 1 is 1.22 bits per heavy atom. The van der Waals surface area contributed by atoms with E-state index in [1.807, 2.05) is 0 Å². The molecule has 0 spiro atoms. The van der Waals surface area contributed by atoms with Gasteiger partial charge in [0.15, 0.2) is 12.4 Å². The van der Waals surface area contributed by atoms with Crippen LogP contribution in [0.25, 0.3) is 0 Å². The Morgan fingerprint density at radius 2 is 1.83 bits per heavy atom. The molecule has 2 rings (SSSR count). The first-order chi connectivity index (χ1) is 11.0. The average molecular weight is 362 g/mol. The number of esters is 1. The Hall–Kier alpha value is -1.50. The molecule has 1 fully saturated rings. The van der Waals surface area contributed by atoms with Crippen LogP contribution in [0.3, 0.4) is 0 Å². The highest BCUT2D eigenvalue weighted by Gasteiger charge is 2.20. The molecule has 1 aliphatic rings. The van der Waals surface area contributed by atoms with Crippen LogP contribution in [0.5, 0.6) is 5.75 Å². The SMILES string of the molecule is CCOC(=O)c1cc(Cl)c(OCC(=O)N2CCOCC2)c(Cl)c1. The molecule has 1 heterocycles. The average Bonchev–Trinajstić information content (AvgIpc) is 2.54. The molecule has 0 radical (unpaired) electrons. The van der Waals surface area contributed by atoms with Gasteiger partial charge in [-0.25, -0.2) is 4.79 Å². The highest BCUT2D eigenvalue weighted by molar-refractivity contribution is 6.37. The van der Waals surface area contributed by atoms with Crippen molar-refractivity contribution in [3.63, 3.8) is 0 Å². The molecule has 0 bridgehead atoms. The lowest BCUT2D eigenvalue weighted by atomic mass is 10.2. The lowest BCUT2D eigenvalue weighted by Crippen LogP contribution is -2.43. The van der Waals surface area contributed by atoms with Crippen molar-refractivity contribution >= 4 is 35.1 Å². The van der Waals surface area contributed by atoms with Crippen molar-refractivity contribution in [2.24, 2.45) is 0 Å². The molecule has 0 N–H and O–H groups in total. The fraction of sp³-hybridized carbons (Fsp3) is 0.467. The predicted octanol–water partition coefficient (Wildman–Crippen LogP) is 2.41. The lowest BCUT2D eigenvalue weighted by molar-refractivity contribution is -0.137. The first-order valence-corrected chi connectivity index (χ1v) is 7.93. The van der Waals surface area contributed by atoms with Gasteiger partial charge in [0.1, 0.15) is 0 Å². The summed E-state index contributed by atoms with van der Waals surface area (Å²) in [5, 5.41) is 0.297. The Morgan fingerprint density at radius 3 is 2.39 bits per heavy atom. The van der Waals surface area contributed by atoms with Gasteiger partial charge in [0.05, 0.1) is 35.4 Å². The number of rotatable bonds is 5. The fourth-order valence-electron chi connectivity index (χ4n) is 2.07. The number of carbonyl (C=O) groups excluding carboxylic acids is 2. The van der Waals surface area contributed by atoms with Gasteiger partial charge < -0.3 is 19.1 Å². The lowest BCUT2D eigenvalue weighted by Gasteiger charge is -2.26. The van der Waals surface area contributed by atoms with Crippen LogP contribution in [0, 0.1) is 0 Å². The first kappa shape index (κ1) is 17.8. The number of carbonyl (C=O) groups is 2. The van der Waals surface area contributed by atoms with Crippen molar-refractivity contribution in [1.29, 1.82) is 0 Å². The quantitative estimate of drug-likeness (QED) is 0.753. The zero-order chi connectivity index (χ0) is 16.8.